The van der Waals surface area contributed by atoms with Gasteiger partial charge in [0.2, 0.25) is 11.7 Å². The molecule has 0 bridgehead atoms. The van der Waals surface area contributed by atoms with E-state index >= 15 is 0 Å². The summed E-state index contributed by atoms with van der Waals surface area (Å²) >= 11 is 2.09. The fourth-order valence-electron chi connectivity index (χ4n) is 2.62. The number of hydrogen-bond donors (Lipinski definition) is 1. The lowest BCUT2D eigenvalue weighted by Gasteiger charge is -2.15. The van der Waals surface area contributed by atoms with E-state index in [1.807, 2.05) is 6.07 Å². The van der Waals surface area contributed by atoms with Crippen molar-refractivity contribution in [3.63, 3.8) is 0 Å². The van der Waals surface area contributed by atoms with Gasteiger partial charge in [-0.15, -0.1) is 0 Å². The van der Waals surface area contributed by atoms with Crippen molar-refractivity contribution >= 4 is 34.2 Å². The Morgan fingerprint density at radius 3 is 2.88 bits per heavy atom. The minimum atomic E-state index is -1.13. The van der Waals surface area contributed by atoms with E-state index in [1.165, 1.54) is 0 Å². The van der Waals surface area contributed by atoms with E-state index in [-0.39, 0.29) is 0 Å². The standard InChI is InChI=1S/C16H15FIN3O4/c17-12-8-20(14-5-2-6-25-14)16(24)21(15(12)23)9-13(22)19-11-4-1-3-10(18)7-11/h1,3-4,7-8,14H,2,5-6,9H2,(H,19,22)/t14-/m0/s1. The van der Waals surface area contributed by atoms with Crippen molar-refractivity contribution in [2.45, 2.75) is 25.6 Å². The van der Waals surface area contributed by atoms with E-state index < -0.39 is 35.7 Å². The number of aromatic nitrogens is 2. The summed E-state index contributed by atoms with van der Waals surface area (Å²) in [5.74, 6) is -1.69. The maximum atomic E-state index is 13.9. The average Bonchev–Trinajstić information content (AvgIpc) is 3.09. The Kier molecular flexibility index (Phi) is 5.33. The van der Waals surface area contributed by atoms with E-state index in [4.69, 9.17) is 4.74 Å². The summed E-state index contributed by atoms with van der Waals surface area (Å²) in [6.07, 6.45) is 1.51. The van der Waals surface area contributed by atoms with Gasteiger partial charge in [-0.25, -0.2) is 9.36 Å². The van der Waals surface area contributed by atoms with Gasteiger partial charge in [0.1, 0.15) is 12.8 Å². The van der Waals surface area contributed by atoms with Crippen LogP contribution in [0.1, 0.15) is 19.1 Å². The van der Waals surface area contributed by atoms with E-state index in [0.29, 0.717) is 23.3 Å². The summed E-state index contributed by atoms with van der Waals surface area (Å²) in [5.41, 5.74) is -1.37. The number of carbonyl (C=O) groups is 1. The first-order valence-corrected chi connectivity index (χ1v) is 8.72. The number of benzene rings is 1. The second-order valence-electron chi connectivity index (χ2n) is 5.58. The maximum Gasteiger partial charge on any atom is 0.333 e. The molecule has 1 atom stereocenters. The van der Waals surface area contributed by atoms with Crippen LogP contribution in [0.25, 0.3) is 0 Å². The average molecular weight is 459 g/mol. The zero-order valence-electron chi connectivity index (χ0n) is 13.1. The molecule has 1 aromatic heterocycles. The first-order chi connectivity index (χ1) is 12.0. The van der Waals surface area contributed by atoms with Gasteiger partial charge in [-0.3, -0.25) is 14.2 Å². The smallest absolute Gasteiger partial charge is 0.333 e. The molecule has 2 heterocycles. The monoisotopic (exact) mass is 459 g/mol. The van der Waals surface area contributed by atoms with Crippen LogP contribution in [0.2, 0.25) is 0 Å². The summed E-state index contributed by atoms with van der Waals surface area (Å²) in [6, 6.07) is 7.03. The lowest BCUT2D eigenvalue weighted by Crippen LogP contribution is -2.44. The molecule has 0 radical (unpaired) electrons. The quantitative estimate of drug-likeness (QED) is 0.707. The predicted molar refractivity (Wildman–Crippen MR) is 96.9 cm³/mol. The highest BCUT2D eigenvalue weighted by Crippen LogP contribution is 2.20. The molecule has 1 fully saturated rings. The molecule has 1 N–H and O–H groups in total. The van der Waals surface area contributed by atoms with Crippen LogP contribution >= 0.6 is 22.6 Å². The molecule has 3 rings (SSSR count). The third-order valence-corrected chi connectivity index (χ3v) is 4.45. The lowest BCUT2D eigenvalue weighted by molar-refractivity contribution is -0.116. The van der Waals surface area contributed by atoms with Crippen molar-refractivity contribution in [1.82, 2.24) is 9.13 Å². The number of nitrogens with one attached hydrogen (secondary N) is 1. The van der Waals surface area contributed by atoms with Gasteiger partial charge < -0.3 is 10.1 Å². The van der Waals surface area contributed by atoms with Gasteiger partial charge in [-0.05, 0) is 53.6 Å². The Hall–Kier alpha value is -2.01. The summed E-state index contributed by atoms with van der Waals surface area (Å²) in [7, 11) is 0. The van der Waals surface area contributed by atoms with Crippen molar-refractivity contribution in [2.24, 2.45) is 0 Å². The molecule has 0 saturated carbocycles. The van der Waals surface area contributed by atoms with Gasteiger partial charge >= 0.3 is 5.69 Å². The van der Waals surface area contributed by atoms with E-state index in [9.17, 15) is 18.8 Å². The third-order valence-electron chi connectivity index (χ3n) is 3.78. The number of amides is 1. The third kappa shape index (κ3) is 3.98. The number of anilines is 1. The first kappa shape index (κ1) is 17.8. The normalized spacial score (nSPS) is 16.8. The van der Waals surface area contributed by atoms with Gasteiger partial charge in [0, 0.05) is 15.9 Å². The molecule has 1 amide bonds. The fourth-order valence-corrected chi connectivity index (χ4v) is 3.17. The zero-order chi connectivity index (χ0) is 18.0. The van der Waals surface area contributed by atoms with E-state index in [0.717, 1.165) is 20.8 Å². The molecule has 2 aromatic rings. The Labute approximate surface area is 155 Å². The number of ether oxygens (including phenoxy) is 1. The Morgan fingerprint density at radius 2 is 2.20 bits per heavy atom. The Morgan fingerprint density at radius 1 is 1.40 bits per heavy atom. The highest BCUT2D eigenvalue weighted by atomic mass is 127. The van der Waals surface area contributed by atoms with E-state index in [2.05, 4.69) is 27.9 Å². The summed E-state index contributed by atoms with van der Waals surface area (Å²) in [4.78, 5) is 36.6. The number of carbonyl (C=O) groups excluding carboxylic acids is 1. The molecule has 0 spiro atoms. The van der Waals surface area contributed by atoms with Crippen LogP contribution in [0, 0.1) is 9.39 Å². The number of rotatable bonds is 4. The lowest BCUT2D eigenvalue weighted by atomic mass is 10.3. The molecule has 0 unspecified atom stereocenters. The number of hydrogen-bond acceptors (Lipinski definition) is 4. The van der Waals surface area contributed by atoms with Gasteiger partial charge in [-0.1, -0.05) is 6.07 Å². The molecular weight excluding hydrogens is 444 g/mol. The van der Waals surface area contributed by atoms with Crippen LogP contribution in [-0.2, 0) is 16.1 Å². The van der Waals surface area contributed by atoms with Crippen LogP contribution < -0.4 is 16.6 Å². The van der Waals surface area contributed by atoms with Gasteiger partial charge in [0.25, 0.3) is 5.56 Å². The fraction of sp³-hybridized carbons (Fsp3) is 0.312. The van der Waals surface area contributed by atoms with Crippen LogP contribution in [0.4, 0.5) is 10.1 Å². The number of nitrogens with zero attached hydrogens (tertiary/aromatic N) is 2. The van der Waals surface area contributed by atoms with E-state index in [1.54, 1.807) is 18.2 Å². The molecule has 1 aliphatic heterocycles. The summed E-state index contributed by atoms with van der Waals surface area (Å²) in [5, 5.41) is 2.59. The van der Waals surface area contributed by atoms with Gasteiger partial charge in [0.15, 0.2) is 0 Å². The topological polar surface area (TPSA) is 82.3 Å². The highest BCUT2D eigenvalue weighted by molar-refractivity contribution is 14.1. The van der Waals surface area contributed by atoms with Gasteiger partial charge in [-0.2, -0.15) is 4.39 Å². The van der Waals surface area contributed by atoms with Crippen LogP contribution in [0.15, 0.2) is 40.1 Å². The largest absolute Gasteiger partial charge is 0.358 e. The van der Waals surface area contributed by atoms with Gasteiger partial charge in [0.05, 0.1) is 6.20 Å². The Balaban J connectivity index is 1.87. The molecule has 1 saturated heterocycles. The van der Waals surface area contributed by atoms with Crippen molar-refractivity contribution < 1.29 is 13.9 Å². The molecule has 25 heavy (non-hydrogen) atoms. The van der Waals surface area contributed by atoms with Crippen molar-refractivity contribution in [3.8, 4) is 0 Å². The minimum Gasteiger partial charge on any atom is -0.358 e. The van der Waals surface area contributed by atoms with Crippen molar-refractivity contribution in [3.05, 3.63) is 60.7 Å². The molecular formula is C16H15FIN3O4. The number of halogens is 2. The minimum absolute atomic E-state index is 0.463. The van der Waals surface area contributed by atoms with Crippen LogP contribution in [0.3, 0.4) is 0 Å². The molecule has 1 aliphatic rings. The van der Waals surface area contributed by atoms with Crippen LogP contribution in [-0.4, -0.2) is 21.6 Å². The summed E-state index contributed by atoms with van der Waals surface area (Å²) in [6.45, 7) is -0.112. The van der Waals surface area contributed by atoms with Crippen LogP contribution in [0.5, 0.6) is 0 Å². The Bertz CT molecular complexity index is 918. The second-order valence-corrected chi connectivity index (χ2v) is 6.83. The molecule has 9 heteroatoms. The predicted octanol–water partition coefficient (Wildman–Crippen LogP) is 1.70. The second kappa shape index (κ2) is 7.48. The molecule has 7 nitrogen and oxygen atoms in total. The maximum absolute atomic E-state index is 13.9. The van der Waals surface area contributed by atoms with Crippen molar-refractivity contribution in [1.29, 1.82) is 0 Å². The first-order valence-electron chi connectivity index (χ1n) is 7.64. The zero-order valence-corrected chi connectivity index (χ0v) is 15.2. The SMILES string of the molecule is O=C(Cn1c(=O)c(F)cn([C@@H]2CCCO2)c1=O)Nc1cccc(I)c1. The molecule has 0 aliphatic carbocycles. The molecule has 132 valence electrons. The highest BCUT2D eigenvalue weighted by Gasteiger charge is 2.22. The summed E-state index contributed by atoms with van der Waals surface area (Å²) < 4.78 is 21.8. The van der Waals surface area contributed by atoms with Crippen molar-refractivity contribution in [2.75, 3.05) is 11.9 Å². The molecule has 1 aromatic carbocycles.